The molecule has 4 heterocycles. The first-order valence-corrected chi connectivity index (χ1v) is 20.1. The van der Waals surface area contributed by atoms with Crippen LogP contribution in [0.2, 0.25) is 0 Å². The Kier molecular flexibility index (Phi) is 8.98. The Hall–Kier alpha value is -8.49. The van der Waals surface area contributed by atoms with Gasteiger partial charge in [0.1, 0.15) is 0 Å². The van der Waals surface area contributed by atoms with Crippen molar-refractivity contribution >= 4 is 21.8 Å². The van der Waals surface area contributed by atoms with Gasteiger partial charge in [0.2, 0.25) is 0 Å². The fourth-order valence-electron chi connectivity index (χ4n) is 7.86. The summed E-state index contributed by atoms with van der Waals surface area (Å²) < 4.78 is 2.30. The van der Waals surface area contributed by atoms with E-state index in [2.05, 4.69) is 65.2 Å². The largest absolute Gasteiger partial charge is 0.309 e. The lowest BCUT2D eigenvalue weighted by molar-refractivity contribution is 1.07. The van der Waals surface area contributed by atoms with Crippen molar-refractivity contribution in [2.24, 2.45) is 0 Å². The third-order valence-electron chi connectivity index (χ3n) is 10.8. The van der Waals surface area contributed by atoms with E-state index in [0.717, 1.165) is 72.1 Å². The van der Waals surface area contributed by atoms with Crippen LogP contribution < -0.4 is 0 Å². The van der Waals surface area contributed by atoms with Crippen molar-refractivity contribution in [3.63, 3.8) is 0 Å². The number of aromatic nitrogens is 8. The van der Waals surface area contributed by atoms with Gasteiger partial charge >= 0.3 is 0 Å². The van der Waals surface area contributed by atoms with Crippen LogP contribution in [0.4, 0.5) is 0 Å². The minimum Gasteiger partial charge on any atom is -0.309 e. The van der Waals surface area contributed by atoms with Gasteiger partial charge in [-0.05, 0) is 42.5 Å². The summed E-state index contributed by atoms with van der Waals surface area (Å²) in [6.45, 7) is 0. The molecule has 61 heavy (non-hydrogen) atoms. The van der Waals surface area contributed by atoms with Crippen LogP contribution in [0, 0.1) is 0 Å². The smallest absolute Gasteiger partial charge is 0.164 e. The van der Waals surface area contributed by atoms with E-state index in [4.69, 9.17) is 34.9 Å². The highest BCUT2D eigenvalue weighted by atomic mass is 15.0. The topological polar surface area (TPSA) is 95.2 Å². The lowest BCUT2D eigenvalue weighted by atomic mass is 10.0. The van der Waals surface area contributed by atoms with Crippen molar-refractivity contribution < 1.29 is 0 Å². The molecule has 0 radical (unpaired) electrons. The molecule has 11 aromatic rings. The molecule has 0 aliphatic carbocycles. The lowest BCUT2D eigenvalue weighted by Crippen LogP contribution is -2.03. The molecule has 0 bridgehead atoms. The zero-order chi connectivity index (χ0) is 40.5. The molecule has 0 atom stereocenters. The molecule has 0 aliphatic heterocycles. The first-order valence-electron chi connectivity index (χ1n) is 20.1. The Balaban J connectivity index is 1.14. The molecule has 8 heteroatoms. The molecule has 286 valence electrons. The number of nitrogens with zero attached hydrogens (tertiary/aromatic N) is 8. The van der Waals surface area contributed by atoms with Crippen molar-refractivity contribution in [1.29, 1.82) is 0 Å². The molecular weight excluding hydrogens is 749 g/mol. The van der Waals surface area contributed by atoms with Gasteiger partial charge in [0.25, 0.3) is 0 Å². The molecule has 0 spiro atoms. The molecular formula is C53H34N8. The summed E-state index contributed by atoms with van der Waals surface area (Å²) in [4.78, 5) is 35.2. The van der Waals surface area contributed by atoms with Crippen LogP contribution in [-0.4, -0.2) is 39.5 Å². The van der Waals surface area contributed by atoms with Crippen molar-refractivity contribution in [2.75, 3.05) is 0 Å². The van der Waals surface area contributed by atoms with Crippen molar-refractivity contribution in [3.05, 3.63) is 206 Å². The van der Waals surface area contributed by atoms with E-state index in [-0.39, 0.29) is 0 Å². The zero-order valence-electron chi connectivity index (χ0n) is 32.7. The molecule has 0 saturated heterocycles. The summed E-state index contributed by atoms with van der Waals surface area (Å²) in [6, 6.07) is 67.5. The SMILES string of the molecule is c1ccc(-c2nc(-c3ccccc3)nc(-c3ccc4c5ccccc5n(-c5ccc(-c6ccccn6)c(-c6nc(-c7ccccc7)nc(-c7ccccc7)n6)c5)c4c3)n2)cc1. The minimum absolute atomic E-state index is 0.545. The van der Waals surface area contributed by atoms with Crippen LogP contribution in [0.15, 0.2) is 206 Å². The average Bonchev–Trinajstić information content (AvgIpc) is 3.68. The highest BCUT2D eigenvalue weighted by Crippen LogP contribution is 2.38. The highest BCUT2D eigenvalue weighted by molar-refractivity contribution is 6.10. The van der Waals surface area contributed by atoms with Crippen LogP contribution >= 0.6 is 0 Å². The summed E-state index contributed by atoms with van der Waals surface area (Å²) >= 11 is 0. The Morgan fingerprint density at radius 1 is 0.295 bits per heavy atom. The van der Waals surface area contributed by atoms with Gasteiger partial charge in [-0.15, -0.1) is 0 Å². The monoisotopic (exact) mass is 782 g/mol. The molecule has 8 nitrogen and oxygen atoms in total. The average molecular weight is 783 g/mol. The molecule has 11 rings (SSSR count). The summed E-state index contributed by atoms with van der Waals surface area (Å²) in [5.74, 6) is 3.54. The molecule has 0 amide bonds. The van der Waals surface area contributed by atoms with E-state index < -0.39 is 0 Å². The summed E-state index contributed by atoms with van der Waals surface area (Å²) in [5, 5.41) is 2.23. The van der Waals surface area contributed by atoms with Gasteiger partial charge in [0, 0.05) is 61.6 Å². The molecule has 0 aliphatic rings. The molecule has 0 fully saturated rings. The number of hydrogen-bond acceptors (Lipinski definition) is 7. The second-order valence-corrected chi connectivity index (χ2v) is 14.6. The number of para-hydroxylation sites is 1. The first kappa shape index (κ1) is 35.7. The zero-order valence-corrected chi connectivity index (χ0v) is 32.7. The van der Waals surface area contributed by atoms with Gasteiger partial charge in [-0.2, -0.15) is 0 Å². The summed E-state index contributed by atoms with van der Waals surface area (Å²) in [7, 11) is 0. The third-order valence-corrected chi connectivity index (χ3v) is 10.8. The maximum Gasteiger partial charge on any atom is 0.164 e. The third kappa shape index (κ3) is 6.78. The van der Waals surface area contributed by atoms with E-state index in [1.807, 2.05) is 146 Å². The lowest BCUT2D eigenvalue weighted by Gasteiger charge is -2.15. The second-order valence-electron chi connectivity index (χ2n) is 14.6. The minimum atomic E-state index is 0.545. The van der Waals surface area contributed by atoms with Crippen LogP contribution in [0.5, 0.6) is 0 Å². The standard InChI is InChI=1S/C53H34N8/c1-5-17-35(18-6-1)48-55-49(36-19-7-2-8-20-36)58-52(57-48)39-28-30-43-42-25-13-14-27-46(42)61(47(43)33-39)40-29-31-41(45-26-15-16-32-54-45)44(34-40)53-59-50(37-21-9-3-10-22-37)56-51(60-53)38-23-11-4-12-24-38/h1-34H. The van der Waals surface area contributed by atoms with E-state index in [0.29, 0.717) is 34.9 Å². The Labute approximate surface area is 351 Å². The second kappa shape index (κ2) is 15.4. The van der Waals surface area contributed by atoms with Gasteiger partial charge in [-0.1, -0.05) is 158 Å². The van der Waals surface area contributed by atoms with Gasteiger partial charge < -0.3 is 4.57 Å². The van der Waals surface area contributed by atoms with Gasteiger partial charge in [-0.3, -0.25) is 4.98 Å². The predicted octanol–water partition coefficient (Wildman–Crippen LogP) is 12.2. The number of fused-ring (bicyclic) bond motifs is 3. The first-order chi connectivity index (χ1) is 30.2. The molecule has 0 unspecified atom stereocenters. The maximum absolute atomic E-state index is 5.17. The van der Waals surface area contributed by atoms with Crippen LogP contribution in [0.1, 0.15) is 0 Å². The van der Waals surface area contributed by atoms with Crippen molar-refractivity contribution in [3.8, 4) is 85.3 Å². The van der Waals surface area contributed by atoms with Gasteiger partial charge in [-0.25, -0.2) is 29.9 Å². The fourth-order valence-corrected chi connectivity index (χ4v) is 7.86. The fraction of sp³-hybridized carbons (Fsp3) is 0. The number of hydrogen-bond donors (Lipinski definition) is 0. The highest BCUT2D eigenvalue weighted by Gasteiger charge is 2.21. The summed E-state index contributed by atoms with van der Waals surface area (Å²) in [6.07, 6.45) is 1.81. The molecule has 0 saturated carbocycles. The molecule has 7 aromatic carbocycles. The van der Waals surface area contributed by atoms with Crippen LogP contribution in [0.25, 0.3) is 107 Å². The molecule has 4 aromatic heterocycles. The molecule has 0 N–H and O–H groups in total. The van der Waals surface area contributed by atoms with E-state index in [9.17, 15) is 0 Å². The normalized spacial score (nSPS) is 11.3. The van der Waals surface area contributed by atoms with E-state index >= 15 is 0 Å². The van der Waals surface area contributed by atoms with Gasteiger partial charge in [0.15, 0.2) is 34.9 Å². The number of benzene rings is 7. The Morgan fingerprint density at radius 2 is 0.754 bits per heavy atom. The Bertz CT molecular complexity index is 3220. The van der Waals surface area contributed by atoms with Crippen molar-refractivity contribution in [1.82, 2.24) is 39.5 Å². The van der Waals surface area contributed by atoms with Crippen molar-refractivity contribution in [2.45, 2.75) is 0 Å². The number of pyridine rings is 1. The predicted molar refractivity (Wildman–Crippen MR) is 243 cm³/mol. The van der Waals surface area contributed by atoms with E-state index in [1.54, 1.807) is 0 Å². The quantitative estimate of drug-likeness (QED) is 0.151. The number of rotatable bonds is 8. The van der Waals surface area contributed by atoms with Gasteiger partial charge in [0.05, 0.1) is 16.7 Å². The summed E-state index contributed by atoms with van der Waals surface area (Å²) in [5.41, 5.74) is 10.1. The maximum atomic E-state index is 5.17. The Morgan fingerprint density at radius 3 is 1.28 bits per heavy atom. The van der Waals surface area contributed by atoms with E-state index in [1.165, 1.54) is 0 Å². The van der Waals surface area contributed by atoms with Crippen LogP contribution in [0.3, 0.4) is 0 Å². The van der Waals surface area contributed by atoms with Crippen LogP contribution in [-0.2, 0) is 0 Å².